The van der Waals surface area contributed by atoms with E-state index in [2.05, 4.69) is 9.88 Å². The van der Waals surface area contributed by atoms with Crippen LogP contribution < -0.4 is 0 Å². The molecule has 0 N–H and O–H groups in total. The summed E-state index contributed by atoms with van der Waals surface area (Å²) < 4.78 is 0. The Balaban J connectivity index is 2.04. The summed E-state index contributed by atoms with van der Waals surface area (Å²) in [4.78, 5) is 18.1. The van der Waals surface area contributed by atoms with Gasteiger partial charge in [0, 0.05) is 12.7 Å². The molecule has 16 heavy (non-hydrogen) atoms. The van der Waals surface area contributed by atoms with Crippen molar-refractivity contribution in [1.82, 2.24) is 9.88 Å². The average Bonchev–Trinajstić information content (AvgIpc) is 2.31. The van der Waals surface area contributed by atoms with Gasteiger partial charge in [0.1, 0.15) is 5.78 Å². The summed E-state index contributed by atoms with van der Waals surface area (Å²) in [5, 5.41) is 0. The molecule has 0 aromatic carbocycles. The molecular weight excluding hydrogens is 200 g/mol. The van der Waals surface area contributed by atoms with Crippen LogP contribution in [0.1, 0.15) is 31.9 Å². The SMILES string of the molecule is CC(=O)C1CCCCN1Cc1ccccn1. The van der Waals surface area contributed by atoms with Crippen LogP contribution >= 0.6 is 0 Å². The predicted octanol–water partition coefficient (Wildman–Crippen LogP) is 2.03. The van der Waals surface area contributed by atoms with Gasteiger partial charge in [-0.3, -0.25) is 14.7 Å². The average molecular weight is 218 g/mol. The lowest BCUT2D eigenvalue weighted by Gasteiger charge is -2.33. The molecule has 0 aliphatic carbocycles. The highest BCUT2D eigenvalue weighted by Crippen LogP contribution is 2.19. The summed E-state index contributed by atoms with van der Waals surface area (Å²) >= 11 is 0. The summed E-state index contributed by atoms with van der Waals surface area (Å²) in [5.41, 5.74) is 1.05. The second kappa shape index (κ2) is 5.21. The minimum atomic E-state index is 0.107. The fraction of sp³-hybridized carbons (Fsp3) is 0.538. The first-order valence-corrected chi connectivity index (χ1v) is 5.92. The van der Waals surface area contributed by atoms with E-state index in [9.17, 15) is 4.79 Å². The van der Waals surface area contributed by atoms with Crippen LogP contribution in [0.2, 0.25) is 0 Å². The molecule has 0 radical (unpaired) electrons. The fourth-order valence-corrected chi connectivity index (χ4v) is 2.34. The molecule has 86 valence electrons. The number of ketones is 1. The van der Waals surface area contributed by atoms with Crippen molar-refractivity contribution in [3.63, 3.8) is 0 Å². The van der Waals surface area contributed by atoms with Crippen LogP contribution in [0.15, 0.2) is 24.4 Å². The van der Waals surface area contributed by atoms with E-state index in [1.807, 2.05) is 24.4 Å². The topological polar surface area (TPSA) is 33.2 Å². The Hall–Kier alpha value is -1.22. The van der Waals surface area contributed by atoms with Gasteiger partial charge >= 0.3 is 0 Å². The molecule has 1 aliphatic rings. The van der Waals surface area contributed by atoms with E-state index in [0.29, 0.717) is 0 Å². The van der Waals surface area contributed by atoms with Gasteiger partial charge in [-0.05, 0) is 38.4 Å². The Labute approximate surface area is 96.5 Å². The number of nitrogens with zero attached hydrogens (tertiary/aromatic N) is 2. The molecule has 3 nitrogen and oxygen atoms in total. The number of likely N-dealkylation sites (tertiary alicyclic amines) is 1. The van der Waals surface area contributed by atoms with Crippen LogP contribution in [0, 0.1) is 0 Å². The van der Waals surface area contributed by atoms with E-state index < -0.39 is 0 Å². The number of carbonyl (C=O) groups is 1. The molecule has 0 saturated carbocycles. The third kappa shape index (κ3) is 2.67. The number of Topliss-reactive ketones (excluding diaryl/α,β-unsaturated/α-hetero) is 1. The minimum absolute atomic E-state index is 0.107. The highest BCUT2D eigenvalue weighted by Gasteiger charge is 2.25. The Morgan fingerprint density at radius 2 is 2.38 bits per heavy atom. The van der Waals surface area contributed by atoms with Crippen molar-refractivity contribution >= 4 is 5.78 Å². The van der Waals surface area contributed by atoms with E-state index in [4.69, 9.17) is 0 Å². The molecule has 2 rings (SSSR count). The number of hydrogen-bond acceptors (Lipinski definition) is 3. The summed E-state index contributed by atoms with van der Waals surface area (Å²) in [6.45, 7) is 3.51. The van der Waals surface area contributed by atoms with Gasteiger partial charge in [0.2, 0.25) is 0 Å². The summed E-state index contributed by atoms with van der Waals surface area (Å²) in [5.74, 6) is 0.288. The zero-order valence-electron chi connectivity index (χ0n) is 9.72. The van der Waals surface area contributed by atoms with E-state index in [1.54, 1.807) is 6.92 Å². The molecule has 1 aromatic rings. The zero-order valence-corrected chi connectivity index (χ0v) is 9.72. The molecule has 0 bridgehead atoms. The van der Waals surface area contributed by atoms with Crippen LogP contribution in [0.4, 0.5) is 0 Å². The highest BCUT2D eigenvalue weighted by molar-refractivity contribution is 5.81. The molecule has 1 saturated heterocycles. The van der Waals surface area contributed by atoms with Crippen molar-refractivity contribution in [2.45, 2.75) is 38.8 Å². The van der Waals surface area contributed by atoms with E-state index >= 15 is 0 Å². The number of hydrogen-bond donors (Lipinski definition) is 0. The summed E-state index contributed by atoms with van der Waals surface area (Å²) in [6, 6.07) is 6.04. The van der Waals surface area contributed by atoms with Crippen molar-refractivity contribution < 1.29 is 4.79 Å². The molecule has 1 fully saturated rings. The maximum atomic E-state index is 11.5. The molecular formula is C13H18N2O. The quantitative estimate of drug-likeness (QED) is 0.778. The monoisotopic (exact) mass is 218 g/mol. The molecule has 0 spiro atoms. The second-order valence-corrected chi connectivity index (χ2v) is 4.41. The van der Waals surface area contributed by atoms with E-state index in [-0.39, 0.29) is 11.8 Å². The third-order valence-electron chi connectivity index (χ3n) is 3.17. The number of pyridine rings is 1. The molecule has 2 heterocycles. The second-order valence-electron chi connectivity index (χ2n) is 4.41. The first-order chi connectivity index (χ1) is 7.77. The Kier molecular flexibility index (Phi) is 3.67. The van der Waals surface area contributed by atoms with Crippen molar-refractivity contribution in [3.05, 3.63) is 30.1 Å². The lowest BCUT2D eigenvalue weighted by Crippen LogP contribution is -2.43. The molecule has 0 amide bonds. The predicted molar refractivity (Wildman–Crippen MR) is 63.0 cm³/mol. The lowest BCUT2D eigenvalue weighted by atomic mass is 9.99. The summed E-state index contributed by atoms with van der Waals surface area (Å²) in [7, 11) is 0. The van der Waals surface area contributed by atoms with E-state index in [0.717, 1.165) is 25.2 Å². The van der Waals surface area contributed by atoms with Crippen LogP contribution in [0.5, 0.6) is 0 Å². The smallest absolute Gasteiger partial charge is 0.146 e. The molecule has 1 aromatic heterocycles. The molecule has 1 atom stereocenters. The van der Waals surface area contributed by atoms with Crippen LogP contribution in [-0.2, 0) is 11.3 Å². The van der Waals surface area contributed by atoms with Crippen LogP contribution in [0.25, 0.3) is 0 Å². The van der Waals surface area contributed by atoms with Gasteiger partial charge in [-0.2, -0.15) is 0 Å². The number of piperidine rings is 1. The van der Waals surface area contributed by atoms with Gasteiger partial charge in [-0.1, -0.05) is 12.5 Å². The maximum absolute atomic E-state index is 11.5. The molecule has 1 unspecified atom stereocenters. The zero-order chi connectivity index (χ0) is 11.4. The Morgan fingerprint density at radius 1 is 1.50 bits per heavy atom. The standard InChI is InChI=1S/C13H18N2O/c1-11(16)13-7-3-5-9-15(13)10-12-6-2-4-8-14-12/h2,4,6,8,13H,3,5,7,9-10H2,1H3. The fourth-order valence-electron chi connectivity index (χ4n) is 2.34. The van der Waals surface area contributed by atoms with Gasteiger partial charge in [0.25, 0.3) is 0 Å². The molecule has 3 heteroatoms. The number of carbonyl (C=O) groups excluding carboxylic acids is 1. The third-order valence-corrected chi connectivity index (χ3v) is 3.17. The first-order valence-electron chi connectivity index (χ1n) is 5.92. The maximum Gasteiger partial charge on any atom is 0.146 e. The first kappa shape index (κ1) is 11.3. The van der Waals surface area contributed by atoms with Gasteiger partial charge < -0.3 is 0 Å². The number of rotatable bonds is 3. The van der Waals surface area contributed by atoms with Crippen LogP contribution in [0.3, 0.4) is 0 Å². The van der Waals surface area contributed by atoms with Crippen molar-refractivity contribution in [2.24, 2.45) is 0 Å². The summed E-state index contributed by atoms with van der Waals surface area (Å²) in [6.07, 6.45) is 5.17. The van der Waals surface area contributed by atoms with Crippen LogP contribution in [-0.4, -0.2) is 28.3 Å². The normalized spacial score (nSPS) is 21.9. The minimum Gasteiger partial charge on any atom is -0.298 e. The van der Waals surface area contributed by atoms with Crippen molar-refractivity contribution in [2.75, 3.05) is 6.54 Å². The molecule has 1 aliphatic heterocycles. The van der Waals surface area contributed by atoms with Gasteiger partial charge in [-0.15, -0.1) is 0 Å². The van der Waals surface area contributed by atoms with Gasteiger partial charge in [0.05, 0.1) is 11.7 Å². The highest BCUT2D eigenvalue weighted by atomic mass is 16.1. The van der Waals surface area contributed by atoms with E-state index in [1.165, 1.54) is 12.8 Å². The Morgan fingerprint density at radius 3 is 3.06 bits per heavy atom. The van der Waals surface area contributed by atoms with Gasteiger partial charge in [-0.25, -0.2) is 0 Å². The van der Waals surface area contributed by atoms with Crippen molar-refractivity contribution in [1.29, 1.82) is 0 Å². The Bertz CT molecular complexity index is 350. The number of aromatic nitrogens is 1. The van der Waals surface area contributed by atoms with Gasteiger partial charge in [0.15, 0.2) is 0 Å². The largest absolute Gasteiger partial charge is 0.298 e. The lowest BCUT2D eigenvalue weighted by molar-refractivity contribution is -0.123. The van der Waals surface area contributed by atoms with Crippen molar-refractivity contribution in [3.8, 4) is 0 Å².